The van der Waals surface area contributed by atoms with E-state index in [4.69, 9.17) is 4.74 Å². The predicted molar refractivity (Wildman–Crippen MR) is 96.4 cm³/mol. The molecular weight excluding hydrogens is 328 g/mol. The quantitative estimate of drug-likeness (QED) is 0.731. The lowest BCUT2D eigenvalue weighted by Crippen LogP contribution is -2.62. The predicted octanol–water partition coefficient (Wildman–Crippen LogP) is 3.22. The van der Waals surface area contributed by atoms with Gasteiger partial charge in [-0.05, 0) is 62.9 Å². The van der Waals surface area contributed by atoms with Gasteiger partial charge in [0, 0.05) is 17.3 Å². The third-order valence-electron chi connectivity index (χ3n) is 9.45. The van der Waals surface area contributed by atoms with Crippen LogP contribution in [0.1, 0.15) is 66.2 Å². The van der Waals surface area contributed by atoms with Crippen LogP contribution in [-0.2, 0) is 14.3 Å². The van der Waals surface area contributed by atoms with E-state index < -0.39 is 11.0 Å². The fourth-order valence-electron chi connectivity index (χ4n) is 8.10. The van der Waals surface area contributed by atoms with Crippen LogP contribution >= 0.6 is 0 Å². The molecule has 1 heterocycles. The minimum Gasteiger partial charge on any atom is -0.381 e. The Morgan fingerprint density at radius 3 is 2.69 bits per heavy atom. The standard InChI is InChI=1S/C22H30O4/c1-12-9-17-16-6-5-14-10-15(24)7-8-19(14,3)22(16)18(26-22)11-20(17,4)21(12,25)13(2)23/h10,12,16-18,25H,5-9,11H2,1-4H3/t12-,16-,17-,18-,19-,20-,21-,22+/m0/s1. The second kappa shape index (κ2) is 4.70. The van der Waals surface area contributed by atoms with Crippen molar-refractivity contribution in [3.05, 3.63) is 11.6 Å². The maximum atomic E-state index is 12.5. The average Bonchev–Trinajstić information content (AvgIpc) is 3.25. The van der Waals surface area contributed by atoms with Crippen molar-refractivity contribution in [1.82, 2.24) is 0 Å². The van der Waals surface area contributed by atoms with Crippen molar-refractivity contribution in [3.8, 4) is 0 Å². The summed E-state index contributed by atoms with van der Waals surface area (Å²) in [6.45, 7) is 8.02. The van der Waals surface area contributed by atoms with Gasteiger partial charge in [0.25, 0.3) is 0 Å². The zero-order valence-electron chi connectivity index (χ0n) is 16.3. The molecule has 0 aromatic heterocycles. The molecule has 0 aromatic carbocycles. The average molecular weight is 358 g/mol. The molecule has 3 saturated carbocycles. The van der Waals surface area contributed by atoms with E-state index in [1.54, 1.807) is 6.92 Å². The molecule has 4 nitrogen and oxygen atoms in total. The monoisotopic (exact) mass is 358 g/mol. The molecule has 0 amide bonds. The molecule has 1 spiro atoms. The van der Waals surface area contributed by atoms with Crippen LogP contribution in [0, 0.1) is 28.6 Å². The highest BCUT2D eigenvalue weighted by Crippen LogP contribution is 2.76. The summed E-state index contributed by atoms with van der Waals surface area (Å²) in [5.74, 6) is 0.834. The van der Waals surface area contributed by atoms with E-state index in [2.05, 4.69) is 13.8 Å². The number of ether oxygens (including phenoxy) is 1. The Balaban J connectivity index is 1.60. The first-order valence-corrected chi connectivity index (χ1v) is 10.3. The second-order valence-electron chi connectivity index (χ2n) is 10.2. The van der Waals surface area contributed by atoms with E-state index in [0.717, 1.165) is 32.1 Å². The highest BCUT2D eigenvalue weighted by Gasteiger charge is 2.81. The number of hydrogen-bond acceptors (Lipinski definition) is 4. The summed E-state index contributed by atoms with van der Waals surface area (Å²) >= 11 is 0. The summed E-state index contributed by atoms with van der Waals surface area (Å²) in [4.78, 5) is 24.5. The Morgan fingerprint density at radius 1 is 1.27 bits per heavy atom. The van der Waals surface area contributed by atoms with Crippen LogP contribution in [0.2, 0.25) is 0 Å². The molecule has 0 aromatic rings. The molecule has 4 heteroatoms. The van der Waals surface area contributed by atoms with Crippen LogP contribution in [-0.4, -0.2) is 34.0 Å². The van der Waals surface area contributed by atoms with Gasteiger partial charge >= 0.3 is 0 Å². The molecule has 4 aliphatic carbocycles. The second-order valence-corrected chi connectivity index (χ2v) is 10.2. The van der Waals surface area contributed by atoms with Crippen LogP contribution < -0.4 is 0 Å². The van der Waals surface area contributed by atoms with Crippen molar-refractivity contribution in [2.24, 2.45) is 28.6 Å². The van der Waals surface area contributed by atoms with Gasteiger partial charge in [0.05, 0.1) is 6.10 Å². The highest BCUT2D eigenvalue weighted by atomic mass is 16.6. The number of carbonyl (C=O) groups excluding carboxylic acids is 2. The minimum absolute atomic E-state index is 0.0118. The third-order valence-corrected chi connectivity index (χ3v) is 9.45. The van der Waals surface area contributed by atoms with Crippen molar-refractivity contribution >= 4 is 11.6 Å². The van der Waals surface area contributed by atoms with Gasteiger partial charge in [-0.1, -0.05) is 26.3 Å². The lowest BCUT2D eigenvalue weighted by molar-refractivity contribution is -0.161. The number of Topliss-reactive ketones (excluding diaryl/α,β-unsaturated/α-hetero) is 1. The summed E-state index contributed by atoms with van der Waals surface area (Å²) in [5, 5.41) is 11.5. The zero-order valence-corrected chi connectivity index (χ0v) is 16.3. The molecule has 0 unspecified atom stereocenters. The van der Waals surface area contributed by atoms with E-state index in [1.165, 1.54) is 5.57 Å². The molecule has 4 fully saturated rings. The third kappa shape index (κ3) is 1.58. The molecule has 1 saturated heterocycles. The first kappa shape index (κ1) is 17.1. The summed E-state index contributed by atoms with van der Waals surface area (Å²) in [6, 6.07) is 0. The Labute approximate surface area is 155 Å². The Hall–Kier alpha value is -1.00. The molecule has 142 valence electrons. The molecule has 0 bridgehead atoms. The van der Waals surface area contributed by atoms with Gasteiger partial charge < -0.3 is 9.84 Å². The maximum absolute atomic E-state index is 12.5. The van der Waals surface area contributed by atoms with Gasteiger partial charge in [-0.3, -0.25) is 9.59 Å². The fraction of sp³-hybridized carbons (Fsp3) is 0.818. The van der Waals surface area contributed by atoms with Crippen LogP contribution in [0.5, 0.6) is 0 Å². The van der Waals surface area contributed by atoms with E-state index >= 15 is 0 Å². The molecule has 5 aliphatic rings. The highest BCUT2D eigenvalue weighted by molar-refractivity contribution is 5.92. The summed E-state index contributed by atoms with van der Waals surface area (Å²) in [6.07, 6.45) is 7.09. The summed E-state index contributed by atoms with van der Waals surface area (Å²) in [5.41, 5.74) is -0.603. The van der Waals surface area contributed by atoms with Crippen molar-refractivity contribution in [1.29, 1.82) is 0 Å². The summed E-state index contributed by atoms with van der Waals surface area (Å²) < 4.78 is 6.51. The van der Waals surface area contributed by atoms with Crippen LogP contribution in [0.25, 0.3) is 0 Å². The van der Waals surface area contributed by atoms with Gasteiger partial charge in [-0.25, -0.2) is 0 Å². The van der Waals surface area contributed by atoms with E-state index in [1.807, 2.05) is 13.0 Å². The Bertz CT molecular complexity index is 755. The largest absolute Gasteiger partial charge is 0.381 e. The molecule has 0 radical (unpaired) electrons. The number of epoxide rings is 1. The number of fused-ring (bicyclic) bond motifs is 3. The van der Waals surface area contributed by atoms with Crippen molar-refractivity contribution < 1.29 is 19.4 Å². The SMILES string of the molecule is CC(=O)[C@@]1(O)[C@@H](C)C[C@H]2[C@@H]3CCC4=CC(=O)CC[C@]4(C)[C@@]34O[C@H]4C[C@@]21C. The van der Waals surface area contributed by atoms with Crippen molar-refractivity contribution in [3.63, 3.8) is 0 Å². The molecular formula is C22H30O4. The molecule has 5 rings (SSSR count). The maximum Gasteiger partial charge on any atom is 0.162 e. The minimum atomic E-state index is -1.24. The van der Waals surface area contributed by atoms with E-state index in [0.29, 0.717) is 18.3 Å². The normalized spacial score (nSPS) is 57.4. The number of ketones is 2. The number of hydrogen-bond donors (Lipinski definition) is 1. The van der Waals surface area contributed by atoms with Crippen LogP contribution in [0.4, 0.5) is 0 Å². The van der Waals surface area contributed by atoms with Gasteiger partial charge in [0.15, 0.2) is 11.6 Å². The number of carbonyl (C=O) groups is 2. The molecule has 26 heavy (non-hydrogen) atoms. The molecule has 8 atom stereocenters. The smallest absolute Gasteiger partial charge is 0.162 e. The van der Waals surface area contributed by atoms with Gasteiger partial charge in [0.1, 0.15) is 11.2 Å². The first-order valence-electron chi connectivity index (χ1n) is 10.3. The van der Waals surface area contributed by atoms with Crippen molar-refractivity contribution in [2.45, 2.75) is 83.5 Å². The molecule has 1 aliphatic heterocycles. The van der Waals surface area contributed by atoms with Crippen LogP contribution in [0.3, 0.4) is 0 Å². The first-order chi connectivity index (χ1) is 12.1. The van der Waals surface area contributed by atoms with E-state index in [-0.39, 0.29) is 34.6 Å². The number of aliphatic hydroxyl groups is 1. The summed E-state index contributed by atoms with van der Waals surface area (Å²) in [7, 11) is 0. The van der Waals surface area contributed by atoms with Gasteiger partial charge in [-0.2, -0.15) is 0 Å². The van der Waals surface area contributed by atoms with Gasteiger partial charge in [-0.15, -0.1) is 0 Å². The van der Waals surface area contributed by atoms with Crippen LogP contribution in [0.15, 0.2) is 11.6 Å². The lowest BCUT2D eigenvalue weighted by Gasteiger charge is -2.56. The van der Waals surface area contributed by atoms with Crippen molar-refractivity contribution in [2.75, 3.05) is 0 Å². The van der Waals surface area contributed by atoms with E-state index in [9.17, 15) is 14.7 Å². The van der Waals surface area contributed by atoms with Gasteiger partial charge in [0.2, 0.25) is 0 Å². The molecule has 1 N–H and O–H groups in total. The fourth-order valence-corrected chi connectivity index (χ4v) is 8.10. The number of rotatable bonds is 1. The Kier molecular flexibility index (Phi) is 3.09. The zero-order chi connectivity index (χ0) is 18.7. The lowest BCUT2D eigenvalue weighted by atomic mass is 9.46. The topological polar surface area (TPSA) is 66.9 Å². The Morgan fingerprint density at radius 2 is 2.00 bits per heavy atom.